The Morgan fingerprint density at radius 3 is 2.67 bits per heavy atom. The van der Waals surface area contributed by atoms with E-state index in [0.29, 0.717) is 24.8 Å². The average Bonchev–Trinajstić information content (AvgIpc) is 2.63. The molecule has 118 valence electrons. The number of hydrogen-bond acceptors (Lipinski definition) is 4. The standard InChI is InChI=1S/C15H26N4O2/c1-10(2)8-19-12-6-7-18(9-11(12)13(16)17-19)14(20)21-15(3,4)5/h10H,6-9H2,1-5H3,(H2,16,17). The number of ether oxygens (including phenoxy) is 1. The number of amides is 1. The van der Waals surface area contributed by atoms with Crippen LogP contribution in [0.1, 0.15) is 45.9 Å². The lowest BCUT2D eigenvalue weighted by Gasteiger charge is -2.30. The fourth-order valence-electron chi connectivity index (χ4n) is 2.50. The van der Waals surface area contributed by atoms with Gasteiger partial charge in [0.05, 0.1) is 6.54 Å². The first-order valence-electron chi connectivity index (χ1n) is 7.49. The molecular formula is C15H26N4O2. The molecule has 21 heavy (non-hydrogen) atoms. The molecule has 0 aliphatic carbocycles. The lowest BCUT2D eigenvalue weighted by atomic mass is 10.1. The van der Waals surface area contributed by atoms with Crippen LogP contribution in [-0.4, -0.2) is 32.9 Å². The number of nitrogens with two attached hydrogens (primary N) is 1. The largest absolute Gasteiger partial charge is 0.444 e. The Hall–Kier alpha value is -1.72. The zero-order valence-electron chi connectivity index (χ0n) is 13.6. The van der Waals surface area contributed by atoms with Gasteiger partial charge in [-0.15, -0.1) is 0 Å². The minimum Gasteiger partial charge on any atom is -0.444 e. The minimum atomic E-state index is -0.481. The molecule has 0 saturated carbocycles. The molecule has 0 bridgehead atoms. The Morgan fingerprint density at radius 2 is 2.10 bits per heavy atom. The fourth-order valence-corrected chi connectivity index (χ4v) is 2.50. The van der Waals surface area contributed by atoms with Gasteiger partial charge in [0.15, 0.2) is 5.82 Å². The van der Waals surface area contributed by atoms with E-state index in [9.17, 15) is 4.79 Å². The van der Waals surface area contributed by atoms with E-state index in [1.54, 1.807) is 4.90 Å². The molecule has 2 N–H and O–H groups in total. The monoisotopic (exact) mass is 294 g/mol. The van der Waals surface area contributed by atoms with E-state index in [0.717, 1.165) is 24.2 Å². The molecule has 0 aromatic carbocycles. The Bertz CT molecular complexity index is 529. The maximum atomic E-state index is 12.2. The van der Waals surface area contributed by atoms with Crippen molar-refractivity contribution in [3.8, 4) is 0 Å². The molecule has 2 heterocycles. The first-order chi connectivity index (χ1) is 9.67. The molecule has 0 radical (unpaired) electrons. The predicted octanol–water partition coefficient (Wildman–Crippen LogP) is 2.41. The van der Waals surface area contributed by atoms with Gasteiger partial charge in [0, 0.05) is 30.8 Å². The molecule has 6 heteroatoms. The summed E-state index contributed by atoms with van der Waals surface area (Å²) in [4.78, 5) is 13.9. The molecule has 0 fully saturated rings. The molecule has 1 aliphatic heterocycles. The zero-order chi connectivity index (χ0) is 15.8. The Balaban J connectivity index is 2.14. The molecule has 1 aromatic rings. The van der Waals surface area contributed by atoms with E-state index in [2.05, 4.69) is 18.9 Å². The van der Waals surface area contributed by atoms with Gasteiger partial charge in [0.25, 0.3) is 0 Å². The van der Waals surface area contributed by atoms with Gasteiger partial charge in [-0.2, -0.15) is 5.10 Å². The highest BCUT2D eigenvalue weighted by Gasteiger charge is 2.29. The molecule has 1 amide bonds. The molecule has 0 saturated heterocycles. The van der Waals surface area contributed by atoms with Gasteiger partial charge < -0.3 is 15.4 Å². The number of carbonyl (C=O) groups excluding carboxylic acids is 1. The molecule has 6 nitrogen and oxygen atoms in total. The smallest absolute Gasteiger partial charge is 0.410 e. The third-order valence-electron chi connectivity index (χ3n) is 3.35. The van der Waals surface area contributed by atoms with E-state index in [1.165, 1.54) is 0 Å². The number of nitrogen functional groups attached to an aromatic ring is 1. The van der Waals surface area contributed by atoms with Gasteiger partial charge in [0.2, 0.25) is 0 Å². The molecular weight excluding hydrogens is 268 g/mol. The highest BCUT2D eigenvalue weighted by molar-refractivity contribution is 5.69. The fraction of sp³-hybridized carbons (Fsp3) is 0.733. The van der Waals surface area contributed by atoms with Crippen LogP contribution in [0.3, 0.4) is 0 Å². The number of aromatic nitrogens is 2. The molecule has 2 rings (SSSR count). The normalized spacial score (nSPS) is 15.2. The molecule has 1 aromatic heterocycles. The predicted molar refractivity (Wildman–Crippen MR) is 81.8 cm³/mol. The summed E-state index contributed by atoms with van der Waals surface area (Å²) in [5.74, 6) is 1.04. The summed E-state index contributed by atoms with van der Waals surface area (Å²) in [5.41, 5.74) is 7.65. The van der Waals surface area contributed by atoms with Crippen LogP contribution in [0, 0.1) is 5.92 Å². The first kappa shape index (κ1) is 15.7. The second-order valence-electron chi connectivity index (χ2n) is 7.04. The van der Waals surface area contributed by atoms with Gasteiger partial charge in [-0.1, -0.05) is 13.8 Å². The lowest BCUT2D eigenvalue weighted by molar-refractivity contribution is 0.0223. The van der Waals surface area contributed by atoms with Crippen LogP contribution in [0.25, 0.3) is 0 Å². The van der Waals surface area contributed by atoms with Crippen LogP contribution in [0.2, 0.25) is 0 Å². The summed E-state index contributed by atoms with van der Waals surface area (Å²) in [6.07, 6.45) is 0.482. The van der Waals surface area contributed by atoms with Crippen molar-refractivity contribution in [1.29, 1.82) is 0 Å². The first-order valence-corrected chi connectivity index (χ1v) is 7.49. The number of anilines is 1. The van der Waals surface area contributed by atoms with Crippen molar-refractivity contribution >= 4 is 11.9 Å². The Labute approximate surface area is 126 Å². The highest BCUT2D eigenvalue weighted by Crippen LogP contribution is 2.26. The molecule has 0 atom stereocenters. The lowest BCUT2D eigenvalue weighted by Crippen LogP contribution is -2.40. The van der Waals surface area contributed by atoms with E-state index < -0.39 is 5.60 Å². The highest BCUT2D eigenvalue weighted by atomic mass is 16.6. The van der Waals surface area contributed by atoms with Gasteiger partial charge in [0.1, 0.15) is 5.60 Å². The summed E-state index contributed by atoms with van der Waals surface area (Å²) >= 11 is 0. The second-order valence-corrected chi connectivity index (χ2v) is 7.04. The second kappa shape index (κ2) is 5.58. The van der Waals surface area contributed by atoms with Crippen molar-refractivity contribution in [3.63, 3.8) is 0 Å². The maximum absolute atomic E-state index is 12.2. The van der Waals surface area contributed by atoms with Crippen molar-refractivity contribution in [1.82, 2.24) is 14.7 Å². The van der Waals surface area contributed by atoms with E-state index >= 15 is 0 Å². The van der Waals surface area contributed by atoms with Gasteiger partial charge in [-0.3, -0.25) is 4.68 Å². The van der Waals surface area contributed by atoms with Crippen molar-refractivity contribution in [2.75, 3.05) is 12.3 Å². The SMILES string of the molecule is CC(C)Cn1nc(N)c2c1CCN(C(=O)OC(C)(C)C)C2. The van der Waals surface area contributed by atoms with Crippen LogP contribution in [0.15, 0.2) is 0 Å². The number of carbonyl (C=O) groups is 1. The Morgan fingerprint density at radius 1 is 1.43 bits per heavy atom. The van der Waals surface area contributed by atoms with Gasteiger partial charge in [-0.05, 0) is 26.7 Å². The molecule has 1 aliphatic rings. The van der Waals surface area contributed by atoms with Crippen molar-refractivity contribution in [3.05, 3.63) is 11.3 Å². The number of rotatable bonds is 2. The quantitative estimate of drug-likeness (QED) is 0.909. The number of fused-ring (bicyclic) bond motifs is 1. The summed E-state index contributed by atoms with van der Waals surface area (Å²) in [5, 5.41) is 4.42. The Kier molecular flexibility index (Phi) is 4.16. The topological polar surface area (TPSA) is 73.4 Å². The summed E-state index contributed by atoms with van der Waals surface area (Å²) < 4.78 is 7.41. The van der Waals surface area contributed by atoms with E-state index in [1.807, 2.05) is 25.5 Å². The average molecular weight is 294 g/mol. The maximum Gasteiger partial charge on any atom is 0.410 e. The number of hydrogen-bond donors (Lipinski definition) is 1. The van der Waals surface area contributed by atoms with Crippen LogP contribution in [0.4, 0.5) is 10.6 Å². The third-order valence-corrected chi connectivity index (χ3v) is 3.35. The third kappa shape index (κ3) is 3.68. The summed E-state index contributed by atoms with van der Waals surface area (Å²) in [6.45, 7) is 11.9. The van der Waals surface area contributed by atoms with Crippen LogP contribution < -0.4 is 5.73 Å². The van der Waals surface area contributed by atoms with Crippen molar-refractivity contribution < 1.29 is 9.53 Å². The van der Waals surface area contributed by atoms with Crippen LogP contribution in [-0.2, 0) is 24.2 Å². The molecule has 0 unspecified atom stereocenters. The van der Waals surface area contributed by atoms with Crippen LogP contribution >= 0.6 is 0 Å². The van der Waals surface area contributed by atoms with E-state index in [-0.39, 0.29) is 6.09 Å². The summed E-state index contributed by atoms with van der Waals surface area (Å²) in [6, 6.07) is 0. The van der Waals surface area contributed by atoms with Gasteiger partial charge in [-0.25, -0.2) is 4.79 Å². The van der Waals surface area contributed by atoms with Crippen LogP contribution in [0.5, 0.6) is 0 Å². The summed E-state index contributed by atoms with van der Waals surface area (Å²) in [7, 11) is 0. The molecule has 0 spiro atoms. The minimum absolute atomic E-state index is 0.288. The van der Waals surface area contributed by atoms with Crippen molar-refractivity contribution in [2.24, 2.45) is 5.92 Å². The van der Waals surface area contributed by atoms with E-state index in [4.69, 9.17) is 10.5 Å². The zero-order valence-corrected chi connectivity index (χ0v) is 13.6. The van der Waals surface area contributed by atoms with Crippen molar-refractivity contribution in [2.45, 2.75) is 59.7 Å². The van der Waals surface area contributed by atoms with Gasteiger partial charge >= 0.3 is 6.09 Å². The number of nitrogens with zero attached hydrogens (tertiary/aromatic N) is 3.